The zero-order valence-corrected chi connectivity index (χ0v) is 15.2. The van der Waals surface area contributed by atoms with E-state index in [1.807, 2.05) is 37.4 Å². The second kappa shape index (κ2) is 7.39. The molecule has 3 heterocycles. The summed E-state index contributed by atoms with van der Waals surface area (Å²) in [5, 5.41) is 11.2. The van der Waals surface area contributed by atoms with Crippen molar-refractivity contribution in [1.29, 1.82) is 0 Å². The molecule has 4 rings (SSSR count). The van der Waals surface area contributed by atoms with Crippen LogP contribution >= 0.6 is 0 Å². The number of nitrogens with one attached hydrogen (secondary N) is 1. The van der Waals surface area contributed by atoms with Crippen LogP contribution in [0.5, 0.6) is 5.75 Å². The van der Waals surface area contributed by atoms with Crippen LogP contribution in [0.1, 0.15) is 6.92 Å². The van der Waals surface area contributed by atoms with E-state index >= 15 is 0 Å². The Morgan fingerprint density at radius 1 is 1.21 bits per heavy atom. The highest BCUT2D eigenvalue weighted by Crippen LogP contribution is 2.20. The number of ether oxygens (including phenoxy) is 1. The number of rotatable bonds is 6. The lowest BCUT2D eigenvalue weighted by Crippen LogP contribution is -2.18. The SMILES string of the molecule is CCOc1ccc(NC(=O)Cn2cc(-c3ccn4nc(N)nc4c3)cn2)cc1. The summed E-state index contributed by atoms with van der Waals surface area (Å²) in [5.74, 6) is 0.821. The van der Waals surface area contributed by atoms with Gasteiger partial charge in [0, 0.05) is 23.6 Å². The quantitative estimate of drug-likeness (QED) is 0.533. The molecule has 0 saturated heterocycles. The Bertz CT molecular complexity index is 1110. The number of carbonyl (C=O) groups excluding carboxylic acids is 1. The van der Waals surface area contributed by atoms with E-state index in [2.05, 4.69) is 20.5 Å². The summed E-state index contributed by atoms with van der Waals surface area (Å²) >= 11 is 0. The molecule has 1 aromatic carbocycles. The minimum absolute atomic E-state index is 0.105. The van der Waals surface area contributed by atoms with Gasteiger partial charge >= 0.3 is 0 Å². The van der Waals surface area contributed by atoms with Crippen molar-refractivity contribution in [2.45, 2.75) is 13.5 Å². The number of carbonyl (C=O) groups is 1. The molecule has 9 heteroatoms. The number of nitrogens with zero attached hydrogens (tertiary/aromatic N) is 5. The minimum Gasteiger partial charge on any atom is -0.494 e. The average Bonchev–Trinajstić information content (AvgIpc) is 3.28. The van der Waals surface area contributed by atoms with Gasteiger partial charge in [0.15, 0.2) is 5.65 Å². The lowest BCUT2D eigenvalue weighted by molar-refractivity contribution is -0.116. The Kier molecular flexibility index (Phi) is 4.63. The molecule has 3 N–H and O–H groups in total. The molecule has 142 valence electrons. The molecule has 0 unspecified atom stereocenters. The Balaban J connectivity index is 1.42. The summed E-state index contributed by atoms with van der Waals surface area (Å²) in [4.78, 5) is 16.4. The highest BCUT2D eigenvalue weighted by Gasteiger charge is 2.09. The number of anilines is 2. The molecule has 0 radical (unpaired) electrons. The number of fused-ring (bicyclic) bond motifs is 1. The van der Waals surface area contributed by atoms with Gasteiger partial charge in [0.2, 0.25) is 11.9 Å². The van der Waals surface area contributed by atoms with Crippen molar-refractivity contribution in [2.24, 2.45) is 0 Å². The zero-order valence-electron chi connectivity index (χ0n) is 15.2. The molecule has 0 atom stereocenters. The van der Waals surface area contributed by atoms with E-state index in [0.717, 1.165) is 16.9 Å². The fourth-order valence-electron chi connectivity index (χ4n) is 2.83. The highest BCUT2D eigenvalue weighted by molar-refractivity contribution is 5.90. The van der Waals surface area contributed by atoms with Crippen molar-refractivity contribution in [1.82, 2.24) is 24.4 Å². The van der Waals surface area contributed by atoms with E-state index in [9.17, 15) is 4.79 Å². The van der Waals surface area contributed by atoms with Crippen LogP contribution in [0.25, 0.3) is 16.8 Å². The fourth-order valence-corrected chi connectivity index (χ4v) is 2.83. The molecule has 4 aromatic rings. The van der Waals surface area contributed by atoms with E-state index in [0.29, 0.717) is 17.9 Å². The minimum atomic E-state index is -0.167. The van der Waals surface area contributed by atoms with Crippen LogP contribution < -0.4 is 15.8 Å². The summed E-state index contributed by atoms with van der Waals surface area (Å²) in [5.41, 5.74) is 8.76. The number of hydrogen-bond donors (Lipinski definition) is 2. The van der Waals surface area contributed by atoms with Gasteiger partial charge in [-0.15, -0.1) is 5.10 Å². The molecule has 0 fully saturated rings. The van der Waals surface area contributed by atoms with Crippen LogP contribution in [-0.2, 0) is 11.3 Å². The summed E-state index contributed by atoms with van der Waals surface area (Å²) in [6.45, 7) is 2.63. The van der Waals surface area contributed by atoms with Gasteiger partial charge in [-0.3, -0.25) is 9.48 Å². The maximum absolute atomic E-state index is 12.3. The molecule has 3 aromatic heterocycles. The third-order valence-corrected chi connectivity index (χ3v) is 4.08. The number of nitrogens with two attached hydrogens (primary N) is 1. The van der Waals surface area contributed by atoms with Gasteiger partial charge in [-0.2, -0.15) is 10.1 Å². The molecule has 0 saturated carbocycles. The highest BCUT2D eigenvalue weighted by atomic mass is 16.5. The molecular weight excluding hydrogens is 358 g/mol. The fraction of sp³-hybridized carbons (Fsp3) is 0.158. The van der Waals surface area contributed by atoms with Crippen molar-refractivity contribution >= 4 is 23.2 Å². The second-order valence-electron chi connectivity index (χ2n) is 6.12. The first kappa shape index (κ1) is 17.5. The van der Waals surface area contributed by atoms with Crippen LogP contribution in [0, 0.1) is 0 Å². The first-order valence-electron chi connectivity index (χ1n) is 8.78. The molecule has 1 amide bonds. The predicted octanol–water partition coefficient (Wildman–Crippen LogP) is 2.21. The maximum Gasteiger partial charge on any atom is 0.246 e. The smallest absolute Gasteiger partial charge is 0.246 e. The summed E-state index contributed by atoms with van der Waals surface area (Å²) < 4.78 is 8.58. The van der Waals surface area contributed by atoms with Crippen molar-refractivity contribution in [3.8, 4) is 16.9 Å². The number of hydrogen-bond acceptors (Lipinski definition) is 6. The molecule has 0 aliphatic heterocycles. The van der Waals surface area contributed by atoms with Gasteiger partial charge < -0.3 is 15.8 Å². The molecule has 9 nitrogen and oxygen atoms in total. The molecule has 28 heavy (non-hydrogen) atoms. The number of nitrogen functional groups attached to an aromatic ring is 1. The maximum atomic E-state index is 12.3. The summed E-state index contributed by atoms with van der Waals surface area (Å²) in [6.07, 6.45) is 5.29. The van der Waals surface area contributed by atoms with E-state index in [4.69, 9.17) is 10.5 Å². The standard InChI is InChI=1S/C19H19N7O2/c1-2-28-16-5-3-15(4-6-16)22-18(27)12-25-11-14(10-21-25)13-7-8-26-17(9-13)23-19(20)24-26/h3-11H,2,12H2,1H3,(H2,20,24)(H,22,27). The average molecular weight is 377 g/mol. The monoisotopic (exact) mass is 377 g/mol. The molecule has 0 bridgehead atoms. The zero-order chi connectivity index (χ0) is 19.5. The molecule has 0 spiro atoms. The Labute approximate surface area is 160 Å². The van der Waals surface area contributed by atoms with Crippen LogP contribution in [0.3, 0.4) is 0 Å². The molecule has 0 aliphatic carbocycles. The first-order valence-corrected chi connectivity index (χ1v) is 8.78. The summed E-state index contributed by atoms with van der Waals surface area (Å²) in [7, 11) is 0. The first-order chi connectivity index (χ1) is 13.6. The Morgan fingerprint density at radius 2 is 2.04 bits per heavy atom. The number of aromatic nitrogens is 5. The lowest BCUT2D eigenvalue weighted by Gasteiger charge is -2.07. The number of benzene rings is 1. The third-order valence-electron chi connectivity index (χ3n) is 4.08. The summed E-state index contributed by atoms with van der Waals surface area (Å²) in [6, 6.07) is 11.0. The van der Waals surface area contributed by atoms with Gasteiger partial charge in [0.1, 0.15) is 12.3 Å². The Morgan fingerprint density at radius 3 is 2.82 bits per heavy atom. The van der Waals surface area contributed by atoms with E-state index < -0.39 is 0 Å². The van der Waals surface area contributed by atoms with Gasteiger partial charge in [0.05, 0.1) is 12.8 Å². The van der Waals surface area contributed by atoms with Crippen molar-refractivity contribution in [2.75, 3.05) is 17.7 Å². The van der Waals surface area contributed by atoms with E-state index in [1.54, 1.807) is 33.7 Å². The van der Waals surface area contributed by atoms with Crippen molar-refractivity contribution < 1.29 is 9.53 Å². The Hall–Kier alpha value is -3.88. The largest absolute Gasteiger partial charge is 0.494 e. The topological polar surface area (TPSA) is 112 Å². The van der Waals surface area contributed by atoms with Crippen LogP contribution in [0.4, 0.5) is 11.6 Å². The normalized spacial score (nSPS) is 10.9. The predicted molar refractivity (Wildman–Crippen MR) is 105 cm³/mol. The van der Waals surface area contributed by atoms with Gasteiger partial charge in [-0.25, -0.2) is 4.52 Å². The van der Waals surface area contributed by atoms with Gasteiger partial charge in [-0.05, 0) is 48.9 Å². The van der Waals surface area contributed by atoms with E-state index in [1.165, 1.54) is 0 Å². The van der Waals surface area contributed by atoms with E-state index in [-0.39, 0.29) is 18.4 Å². The van der Waals surface area contributed by atoms with Gasteiger partial charge in [-0.1, -0.05) is 0 Å². The van der Waals surface area contributed by atoms with Gasteiger partial charge in [0.25, 0.3) is 0 Å². The van der Waals surface area contributed by atoms with Crippen molar-refractivity contribution in [3.05, 3.63) is 55.0 Å². The third kappa shape index (κ3) is 3.78. The van der Waals surface area contributed by atoms with Crippen LogP contribution in [0.2, 0.25) is 0 Å². The molecular formula is C19H19N7O2. The molecule has 0 aliphatic rings. The van der Waals surface area contributed by atoms with Crippen LogP contribution in [0.15, 0.2) is 55.0 Å². The lowest BCUT2D eigenvalue weighted by atomic mass is 10.1. The second-order valence-corrected chi connectivity index (χ2v) is 6.12. The van der Waals surface area contributed by atoms with Crippen LogP contribution in [-0.4, -0.2) is 36.9 Å². The number of pyridine rings is 1. The van der Waals surface area contributed by atoms with Crippen molar-refractivity contribution in [3.63, 3.8) is 0 Å². The number of amides is 1.